The van der Waals surface area contributed by atoms with Crippen LogP contribution in [0.4, 0.5) is 5.69 Å². The van der Waals surface area contributed by atoms with Gasteiger partial charge in [-0.2, -0.15) is 5.10 Å². The van der Waals surface area contributed by atoms with Crippen molar-refractivity contribution in [2.24, 2.45) is 5.92 Å². The number of rotatable bonds is 6. The second-order valence-corrected chi connectivity index (χ2v) is 8.17. The fourth-order valence-electron chi connectivity index (χ4n) is 4.31. The molecule has 166 valence electrons. The lowest BCUT2D eigenvalue weighted by atomic mass is 10.1. The Morgan fingerprint density at radius 3 is 2.53 bits per heavy atom. The zero-order valence-corrected chi connectivity index (χ0v) is 18.9. The van der Waals surface area contributed by atoms with Crippen LogP contribution < -0.4 is 9.64 Å². The highest BCUT2D eigenvalue weighted by Gasteiger charge is 2.37. The van der Waals surface area contributed by atoms with Crippen molar-refractivity contribution in [2.45, 2.75) is 26.8 Å². The molecule has 2 aromatic carbocycles. The van der Waals surface area contributed by atoms with Gasteiger partial charge in [0, 0.05) is 37.8 Å². The monoisotopic (exact) mass is 432 g/mol. The van der Waals surface area contributed by atoms with Crippen LogP contribution in [0.2, 0.25) is 0 Å². The number of aromatic nitrogens is 2. The van der Waals surface area contributed by atoms with Crippen molar-refractivity contribution < 1.29 is 14.3 Å². The summed E-state index contributed by atoms with van der Waals surface area (Å²) in [6.45, 7) is 4.78. The second-order valence-electron chi connectivity index (χ2n) is 8.17. The lowest BCUT2D eigenvalue weighted by Crippen LogP contribution is -2.34. The smallest absolute Gasteiger partial charge is 0.228 e. The van der Waals surface area contributed by atoms with Crippen LogP contribution in [0.3, 0.4) is 0 Å². The SMILES string of the molecule is COc1ccccc1N1CC(C(=O)N(C)Cc2c(C)nn(-c3ccccc3)c2C)CC1=O. The molecular formula is C25H28N4O3. The van der Waals surface area contributed by atoms with Crippen LogP contribution in [0.15, 0.2) is 54.6 Å². The van der Waals surface area contributed by atoms with Crippen molar-refractivity contribution in [2.75, 3.05) is 25.6 Å². The average Bonchev–Trinajstić information content (AvgIpc) is 3.33. The molecule has 32 heavy (non-hydrogen) atoms. The maximum absolute atomic E-state index is 13.2. The van der Waals surface area contributed by atoms with Gasteiger partial charge in [0.15, 0.2) is 0 Å². The standard InChI is InChI=1S/C25H28N4O3/c1-17-21(18(2)29(26-17)20-10-6-5-7-11-20)16-27(3)25(31)19-14-24(30)28(15-19)22-12-8-9-13-23(22)32-4/h5-13,19H,14-16H2,1-4H3. The Morgan fingerprint density at radius 2 is 1.81 bits per heavy atom. The summed E-state index contributed by atoms with van der Waals surface area (Å²) in [6, 6.07) is 17.3. The van der Waals surface area contributed by atoms with Gasteiger partial charge >= 0.3 is 0 Å². The first-order chi connectivity index (χ1) is 15.4. The van der Waals surface area contributed by atoms with E-state index in [2.05, 4.69) is 5.10 Å². The third-order valence-corrected chi connectivity index (χ3v) is 6.06. The summed E-state index contributed by atoms with van der Waals surface area (Å²) >= 11 is 0. The van der Waals surface area contributed by atoms with Gasteiger partial charge in [-0.25, -0.2) is 4.68 Å². The number of ether oxygens (including phenoxy) is 1. The molecule has 0 aliphatic carbocycles. The third kappa shape index (κ3) is 3.98. The number of hydrogen-bond acceptors (Lipinski definition) is 4. The first kappa shape index (κ1) is 21.6. The van der Waals surface area contributed by atoms with Gasteiger partial charge in [-0.1, -0.05) is 30.3 Å². The number of carbonyl (C=O) groups is 2. The van der Waals surface area contributed by atoms with E-state index in [0.717, 1.165) is 22.6 Å². The zero-order chi connectivity index (χ0) is 22.8. The Kier molecular flexibility index (Phi) is 5.99. The van der Waals surface area contributed by atoms with E-state index in [1.165, 1.54) is 0 Å². The van der Waals surface area contributed by atoms with E-state index in [0.29, 0.717) is 24.5 Å². The third-order valence-electron chi connectivity index (χ3n) is 6.06. The molecule has 1 atom stereocenters. The van der Waals surface area contributed by atoms with Crippen molar-refractivity contribution in [3.8, 4) is 11.4 Å². The summed E-state index contributed by atoms with van der Waals surface area (Å²) in [4.78, 5) is 29.3. The molecule has 1 aliphatic heterocycles. The summed E-state index contributed by atoms with van der Waals surface area (Å²) in [5.74, 6) is 0.136. The van der Waals surface area contributed by atoms with E-state index in [-0.39, 0.29) is 24.2 Å². The van der Waals surface area contributed by atoms with E-state index >= 15 is 0 Å². The molecule has 0 spiro atoms. The van der Waals surface area contributed by atoms with Crippen LogP contribution in [0.1, 0.15) is 23.4 Å². The number of nitrogens with zero attached hydrogens (tertiary/aromatic N) is 4. The number of carbonyl (C=O) groups excluding carboxylic acids is 2. The number of para-hydroxylation sites is 3. The van der Waals surface area contributed by atoms with E-state index in [4.69, 9.17) is 4.74 Å². The van der Waals surface area contributed by atoms with Crippen molar-refractivity contribution in [3.63, 3.8) is 0 Å². The topological polar surface area (TPSA) is 67.7 Å². The van der Waals surface area contributed by atoms with Crippen molar-refractivity contribution in [1.29, 1.82) is 0 Å². The maximum atomic E-state index is 13.2. The fraction of sp³-hybridized carbons (Fsp3) is 0.320. The minimum Gasteiger partial charge on any atom is -0.495 e. The summed E-state index contributed by atoms with van der Waals surface area (Å²) in [7, 11) is 3.37. The molecular weight excluding hydrogens is 404 g/mol. The Labute approximate surface area is 188 Å². The molecule has 1 unspecified atom stereocenters. The summed E-state index contributed by atoms with van der Waals surface area (Å²) < 4.78 is 7.30. The van der Waals surface area contributed by atoms with Crippen LogP contribution >= 0.6 is 0 Å². The normalized spacial score (nSPS) is 15.8. The molecule has 0 saturated carbocycles. The number of aryl methyl sites for hydroxylation is 1. The minimum atomic E-state index is -0.387. The molecule has 3 aromatic rings. The van der Waals surface area contributed by atoms with Crippen molar-refractivity contribution in [3.05, 3.63) is 71.5 Å². The molecule has 1 fully saturated rings. The highest BCUT2D eigenvalue weighted by atomic mass is 16.5. The van der Waals surface area contributed by atoms with E-state index in [1.807, 2.05) is 73.1 Å². The Hall–Kier alpha value is -3.61. The summed E-state index contributed by atoms with van der Waals surface area (Å²) in [5, 5.41) is 4.68. The molecule has 2 heterocycles. The lowest BCUT2D eigenvalue weighted by Gasteiger charge is -2.22. The van der Waals surface area contributed by atoms with Crippen LogP contribution in [-0.4, -0.2) is 47.2 Å². The number of amides is 2. The molecule has 0 N–H and O–H groups in total. The molecule has 4 rings (SSSR count). The first-order valence-corrected chi connectivity index (χ1v) is 10.7. The molecule has 7 nitrogen and oxygen atoms in total. The maximum Gasteiger partial charge on any atom is 0.228 e. The van der Waals surface area contributed by atoms with Crippen LogP contribution in [-0.2, 0) is 16.1 Å². The van der Waals surface area contributed by atoms with Crippen LogP contribution in [0.5, 0.6) is 5.75 Å². The van der Waals surface area contributed by atoms with Crippen molar-refractivity contribution >= 4 is 17.5 Å². The molecule has 1 aliphatic rings. The second kappa shape index (κ2) is 8.86. The molecule has 0 radical (unpaired) electrons. The zero-order valence-electron chi connectivity index (χ0n) is 18.9. The predicted octanol–water partition coefficient (Wildman–Crippen LogP) is 3.51. The van der Waals surface area contributed by atoms with Crippen LogP contribution in [0.25, 0.3) is 5.69 Å². The Morgan fingerprint density at radius 1 is 1.12 bits per heavy atom. The summed E-state index contributed by atoms with van der Waals surface area (Å²) in [5.41, 5.74) is 4.61. The van der Waals surface area contributed by atoms with E-state index in [9.17, 15) is 9.59 Å². The predicted molar refractivity (Wildman–Crippen MR) is 123 cm³/mol. The van der Waals surface area contributed by atoms with Gasteiger partial charge in [-0.15, -0.1) is 0 Å². The minimum absolute atomic E-state index is 0.0398. The Balaban J connectivity index is 1.49. The van der Waals surface area contributed by atoms with E-state index < -0.39 is 0 Å². The number of anilines is 1. The highest BCUT2D eigenvalue weighted by molar-refractivity contribution is 6.01. The van der Waals surface area contributed by atoms with Gasteiger partial charge in [0.1, 0.15) is 5.75 Å². The first-order valence-electron chi connectivity index (χ1n) is 10.7. The lowest BCUT2D eigenvalue weighted by molar-refractivity contribution is -0.135. The van der Waals surface area contributed by atoms with Gasteiger partial charge in [0.25, 0.3) is 0 Å². The summed E-state index contributed by atoms with van der Waals surface area (Å²) in [6.07, 6.45) is 0.197. The van der Waals surface area contributed by atoms with Gasteiger partial charge in [-0.05, 0) is 38.1 Å². The Bertz CT molecular complexity index is 1140. The largest absolute Gasteiger partial charge is 0.495 e. The number of benzene rings is 2. The van der Waals surface area contributed by atoms with Crippen molar-refractivity contribution in [1.82, 2.24) is 14.7 Å². The average molecular weight is 433 g/mol. The molecule has 0 bridgehead atoms. The number of hydrogen-bond donors (Lipinski definition) is 0. The van der Waals surface area contributed by atoms with E-state index in [1.54, 1.807) is 24.0 Å². The van der Waals surface area contributed by atoms with Crippen LogP contribution in [0, 0.1) is 19.8 Å². The molecule has 1 aromatic heterocycles. The van der Waals surface area contributed by atoms with Gasteiger partial charge < -0.3 is 14.5 Å². The van der Waals surface area contributed by atoms with Gasteiger partial charge in [0.2, 0.25) is 11.8 Å². The highest BCUT2D eigenvalue weighted by Crippen LogP contribution is 2.33. The molecule has 1 saturated heterocycles. The molecule has 7 heteroatoms. The molecule has 2 amide bonds. The fourth-order valence-corrected chi connectivity index (χ4v) is 4.31. The van der Waals surface area contributed by atoms with Gasteiger partial charge in [0.05, 0.1) is 30.1 Å². The number of methoxy groups -OCH3 is 1. The van der Waals surface area contributed by atoms with Gasteiger partial charge in [-0.3, -0.25) is 9.59 Å². The quantitative estimate of drug-likeness (QED) is 0.598.